The maximum atomic E-state index is 13.0. The van der Waals surface area contributed by atoms with Gasteiger partial charge in [-0.05, 0) is 42.3 Å². The molecule has 0 aliphatic carbocycles. The molecule has 0 aliphatic heterocycles. The van der Waals surface area contributed by atoms with Crippen molar-refractivity contribution in [2.75, 3.05) is 6.54 Å². The number of carbonyl (C=O) groups is 2. The van der Waals surface area contributed by atoms with Gasteiger partial charge >= 0.3 is 0 Å². The van der Waals surface area contributed by atoms with Crippen molar-refractivity contribution in [2.24, 2.45) is 0 Å². The minimum atomic E-state index is -1.29. The fraction of sp³-hybridized carbons (Fsp3) is 0.136. The van der Waals surface area contributed by atoms with E-state index in [0.717, 1.165) is 10.1 Å². The number of nitrogens with one attached hydrogen (secondary N) is 1. The number of hydrogen-bond acceptors (Lipinski definition) is 3. The summed E-state index contributed by atoms with van der Waals surface area (Å²) in [5.74, 6) is -0.994. The minimum absolute atomic E-state index is 0.309. The van der Waals surface area contributed by atoms with E-state index in [1.54, 1.807) is 36.4 Å². The molecule has 0 saturated carbocycles. The SMILES string of the molecule is O=C(NCCc1ccccc1)C(C(=O)c1ccc(Cl)cc1)n1ccccc1=O. The summed E-state index contributed by atoms with van der Waals surface area (Å²) in [6.07, 6.45) is 2.07. The average Bonchev–Trinajstić information content (AvgIpc) is 2.71. The van der Waals surface area contributed by atoms with Gasteiger partial charge < -0.3 is 5.32 Å². The van der Waals surface area contributed by atoms with Gasteiger partial charge in [-0.2, -0.15) is 0 Å². The summed E-state index contributed by atoms with van der Waals surface area (Å²) >= 11 is 5.88. The van der Waals surface area contributed by atoms with Crippen LogP contribution in [0.3, 0.4) is 0 Å². The van der Waals surface area contributed by atoms with Crippen LogP contribution in [0.1, 0.15) is 22.0 Å². The molecule has 0 saturated heterocycles. The van der Waals surface area contributed by atoms with E-state index in [2.05, 4.69) is 5.32 Å². The lowest BCUT2D eigenvalue weighted by Crippen LogP contribution is -2.41. The quantitative estimate of drug-likeness (QED) is 0.494. The zero-order chi connectivity index (χ0) is 19.9. The van der Waals surface area contributed by atoms with Crippen molar-refractivity contribution in [3.8, 4) is 0 Å². The molecule has 0 radical (unpaired) electrons. The van der Waals surface area contributed by atoms with Crippen LogP contribution in [0, 0.1) is 0 Å². The van der Waals surface area contributed by atoms with Crippen molar-refractivity contribution in [2.45, 2.75) is 12.5 Å². The summed E-state index contributed by atoms with van der Waals surface area (Å²) in [6, 6.07) is 19.1. The lowest BCUT2D eigenvalue weighted by molar-refractivity contribution is -0.123. The molecular weight excluding hydrogens is 376 g/mol. The Balaban J connectivity index is 1.82. The number of carbonyl (C=O) groups excluding carboxylic acids is 2. The lowest BCUT2D eigenvalue weighted by atomic mass is 10.0. The fourth-order valence-corrected chi connectivity index (χ4v) is 2.99. The summed E-state index contributed by atoms with van der Waals surface area (Å²) in [7, 11) is 0. The Hall–Kier alpha value is -3.18. The normalized spacial score (nSPS) is 11.6. The summed E-state index contributed by atoms with van der Waals surface area (Å²) < 4.78 is 1.15. The second-order valence-electron chi connectivity index (χ2n) is 6.25. The molecule has 0 aliphatic rings. The van der Waals surface area contributed by atoms with E-state index in [4.69, 9.17) is 11.6 Å². The predicted octanol–water partition coefficient (Wildman–Crippen LogP) is 3.28. The highest BCUT2D eigenvalue weighted by Crippen LogP contribution is 2.16. The predicted molar refractivity (Wildman–Crippen MR) is 109 cm³/mol. The Labute approximate surface area is 167 Å². The Morgan fingerprint density at radius 2 is 1.61 bits per heavy atom. The van der Waals surface area contributed by atoms with Gasteiger partial charge in [0.05, 0.1) is 0 Å². The Bertz CT molecular complexity index is 1010. The summed E-state index contributed by atoms with van der Waals surface area (Å²) in [5.41, 5.74) is 0.955. The van der Waals surface area contributed by atoms with E-state index in [-0.39, 0.29) is 0 Å². The maximum absolute atomic E-state index is 13.0. The van der Waals surface area contributed by atoms with Crippen LogP contribution in [0.5, 0.6) is 0 Å². The Kier molecular flexibility index (Phi) is 6.40. The zero-order valence-corrected chi connectivity index (χ0v) is 15.8. The van der Waals surface area contributed by atoms with E-state index < -0.39 is 23.3 Å². The number of hydrogen-bond donors (Lipinski definition) is 1. The summed E-state index contributed by atoms with van der Waals surface area (Å²) in [6.45, 7) is 0.356. The molecule has 6 heteroatoms. The monoisotopic (exact) mass is 394 g/mol. The molecule has 5 nitrogen and oxygen atoms in total. The van der Waals surface area contributed by atoms with Crippen LogP contribution in [-0.4, -0.2) is 22.8 Å². The first-order valence-corrected chi connectivity index (χ1v) is 9.22. The number of ketones is 1. The average molecular weight is 395 g/mol. The second kappa shape index (κ2) is 9.15. The number of benzene rings is 2. The lowest BCUT2D eigenvalue weighted by Gasteiger charge is -2.18. The molecule has 28 heavy (non-hydrogen) atoms. The van der Waals surface area contributed by atoms with Crippen LogP contribution >= 0.6 is 11.6 Å². The van der Waals surface area contributed by atoms with Gasteiger partial charge in [0, 0.05) is 29.4 Å². The highest BCUT2D eigenvalue weighted by atomic mass is 35.5. The van der Waals surface area contributed by atoms with Crippen molar-refractivity contribution in [1.82, 2.24) is 9.88 Å². The van der Waals surface area contributed by atoms with Crippen LogP contribution in [0.2, 0.25) is 5.02 Å². The fourth-order valence-electron chi connectivity index (χ4n) is 2.87. The molecule has 142 valence electrons. The first-order valence-electron chi connectivity index (χ1n) is 8.85. The molecule has 0 spiro atoms. The van der Waals surface area contributed by atoms with Gasteiger partial charge in [-0.3, -0.25) is 19.0 Å². The van der Waals surface area contributed by atoms with Crippen LogP contribution < -0.4 is 10.9 Å². The number of pyridine rings is 1. The number of aromatic nitrogens is 1. The molecule has 1 unspecified atom stereocenters. The van der Waals surface area contributed by atoms with Crippen LogP contribution in [0.15, 0.2) is 83.8 Å². The third kappa shape index (κ3) is 4.75. The molecule has 0 fully saturated rings. The highest BCUT2D eigenvalue weighted by molar-refractivity contribution is 6.30. The third-order valence-electron chi connectivity index (χ3n) is 4.31. The van der Waals surface area contributed by atoms with Gasteiger partial charge in [-0.1, -0.05) is 48.0 Å². The van der Waals surface area contributed by atoms with Crippen molar-refractivity contribution >= 4 is 23.3 Å². The van der Waals surface area contributed by atoms with Crippen LogP contribution in [-0.2, 0) is 11.2 Å². The van der Waals surface area contributed by atoms with Gasteiger partial charge in [0.25, 0.3) is 11.5 Å². The first-order chi connectivity index (χ1) is 13.6. The van der Waals surface area contributed by atoms with Crippen LogP contribution in [0.25, 0.3) is 0 Å². The first kappa shape index (κ1) is 19.6. The Morgan fingerprint density at radius 1 is 0.929 bits per heavy atom. The standard InChI is InChI=1S/C22H19ClN2O3/c23-18-11-9-17(10-12-18)21(27)20(25-15-5-4-8-19(25)26)22(28)24-14-13-16-6-2-1-3-7-16/h1-12,15,20H,13-14H2,(H,24,28). The minimum Gasteiger partial charge on any atom is -0.354 e. The van der Waals surface area contributed by atoms with Gasteiger partial charge in [0.2, 0.25) is 0 Å². The third-order valence-corrected chi connectivity index (χ3v) is 4.56. The molecule has 1 N–H and O–H groups in total. The van der Waals surface area contributed by atoms with Crippen molar-refractivity contribution in [3.63, 3.8) is 0 Å². The number of Topliss-reactive ketones (excluding diaryl/α,β-unsaturated/α-hetero) is 1. The molecule has 1 amide bonds. The topological polar surface area (TPSA) is 68.2 Å². The van der Waals surface area contributed by atoms with Gasteiger partial charge in [-0.25, -0.2) is 0 Å². The van der Waals surface area contributed by atoms with Gasteiger partial charge in [-0.15, -0.1) is 0 Å². The second-order valence-corrected chi connectivity index (χ2v) is 6.68. The van der Waals surface area contributed by atoms with Gasteiger partial charge in [0.1, 0.15) is 0 Å². The molecular formula is C22H19ClN2O3. The van der Waals surface area contributed by atoms with E-state index in [0.29, 0.717) is 23.6 Å². The largest absolute Gasteiger partial charge is 0.354 e. The van der Waals surface area contributed by atoms with Crippen molar-refractivity contribution in [1.29, 1.82) is 0 Å². The van der Waals surface area contributed by atoms with E-state index >= 15 is 0 Å². The summed E-state index contributed by atoms with van der Waals surface area (Å²) in [5, 5.41) is 3.26. The molecule has 0 bridgehead atoms. The van der Waals surface area contributed by atoms with E-state index in [1.807, 2.05) is 30.3 Å². The molecule has 1 aromatic heterocycles. The molecule has 1 heterocycles. The molecule has 3 rings (SSSR count). The number of nitrogens with zero attached hydrogens (tertiary/aromatic N) is 1. The van der Waals surface area contributed by atoms with Crippen molar-refractivity contribution < 1.29 is 9.59 Å². The number of rotatable bonds is 7. The molecule has 1 atom stereocenters. The number of halogens is 1. The van der Waals surface area contributed by atoms with E-state index in [9.17, 15) is 14.4 Å². The zero-order valence-electron chi connectivity index (χ0n) is 15.0. The maximum Gasteiger partial charge on any atom is 0.251 e. The van der Waals surface area contributed by atoms with Gasteiger partial charge in [0.15, 0.2) is 11.8 Å². The van der Waals surface area contributed by atoms with Crippen molar-refractivity contribution in [3.05, 3.63) is 105 Å². The Morgan fingerprint density at radius 3 is 2.29 bits per heavy atom. The highest BCUT2D eigenvalue weighted by Gasteiger charge is 2.29. The molecule has 2 aromatic carbocycles. The van der Waals surface area contributed by atoms with E-state index in [1.165, 1.54) is 12.3 Å². The number of amides is 1. The summed E-state index contributed by atoms with van der Waals surface area (Å²) in [4.78, 5) is 38.1. The van der Waals surface area contributed by atoms with Crippen LogP contribution in [0.4, 0.5) is 0 Å². The molecule has 3 aromatic rings. The smallest absolute Gasteiger partial charge is 0.251 e.